The zero-order valence-corrected chi connectivity index (χ0v) is 16.4. The number of anilines is 1. The van der Waals surface area contributed by atoms with Crippen LogP contribution >= 0.6 is 23.5 Å². The number of esters is 1. The van der Waals surface area contributed by atoms with E-state index in [1.807, 2.05) is 35.7 Å². The highest BCUT2D eigenvalue weighted by atomic mass is 32.2. The number of rotatable bonds is 5. The third-order valence-corrected chi connectivity index (χ3v) is 7.05. The van der Waals surface area contributed by atoms with Gasteiger partial charge in [-0.3, -0.25) is 4.79 Å². The third-order valence-electron chi connectivity index (χ3n) is 4.03. The van der Waals surface area contributed by atoms with Gasteiger partial charge < -0.3 is 10.1 Å². The molecule has 2 aromatic carbocycles. The van der Waals surface area contributed by atoms with Crippen LogP contribution in [0.2, 0.25) is 0 Å². The van der Waals surface area contributed by atoms with Crippen LogP contribution in [0.15, 0.2) is 48.5 Å². The van der Waals surface area contributed by atoms with Crippen molar-refractivity contribution in [1.82, 2.24) is 0 Å². The highest BCUT2D eigenvalue weighted by Crippen LogP contribution is 2.43. The van der Waals surface area contributed by atoms with Crippen LogP contribution < -0.4 is 5.32 Å². The van der Waals surface area contributed by atoms with Gasteiger partial charge in [-0.2, -0.15) is 0 Å². The van der Waals surface area contributed by atoms with Crippen molar-refractivity contribution in [2.45, 2.75) is 24.0 Å². The van der Waals surface area contributed by atoms with E-state index in [-0.39, 0.29) is 5.69 Å². The number of carbonyl (C=O) groups is 2. The van der Waals surface area contributed by atoms with E-state index < -0.39 is 23.8 Å². The van der Waals surface area contributed by atoms with Crippen LogP contribution in [-0.4, -0.2) is 29.5 Å². The Morgan fingerprint density at radius 2 is 1.78 bits per heavy atom. The van der Waals surface area contributed by atoms with Crippen LogP contribution in [-0.2, 0) is 9.53 Å². The maximum Gasteiger partial charge on any atom is 0.338 e. The van der Waals surface area contributed by atoms with E-state index in [1.165, 1.54) is 37.1 Å². The van der Waals surface area contributed by atoms with Gasteiger partial charge in [0, 0.05) is 0 Å². The summed E-state index contributed by atoms with van der Waals surface area (Å²) in [5, 5.41) is 2.42. The zero-order chi connectivity index (χ0) is 19.2. The molecule has 142 valence electrons. The van der Waals surface area contributed by atoms with Gasteiger partial charge in [-0.15, -0.1) is 23.5 Å². The average Bonchev–Trinajstić information content (AvgIpc) is 2.70. The fourth-order valence-electron chi connectivity index (χ4n) is 2.54. The Labute approximate surface area is 166 Å². The van der Waals surface area contributed by atoms with Gasteiger partial charge in [0.05, 0.1) is 15.8 Å². The number of amides is 1. The van der Waals surface area contributed by atoms with Gasteiger partial charge in [-0.25, -0.2) is 9.18 Å². The van der Waals surface area contributed by atoms with Crippen molar-refractivity contribution in [2.24, 2.45) is 0 Å². The Hall–Kier alpha value is -1.99. The number of benzene rings is 2. The van der Waals surface area contributed by atoms with Gasteiger partial charge in [0.2, 0.25) is 0 Å². The summed E-state index contributed by atoms with van der Waals surface area (Å²) in [6, 6.07) is 13.1. The number of ether oxygens (including phenoxy) is 1. The molecule has 1 fully saturated rings. The van der Waals surface area contributed by atoms with Crippen molar-refractivity contribution >= 4 is 41.1 Å². The van der Waals surface area contributed by atoms with Crippen LogP contribution in [0.25, 0.3) is 0 Å². The molecule has 0 aromatic heterocycles. The van der Waals surface area contributed by atoms with E-state index >= 15 is 0 Å². The quantitative estimate of drug-likeness (QED) is 0.719. The summed E-state index contributed by atoms with van der Waals surface area (Å²) < 4.78 is 19.2. The normalized spacial score (nSPS) is 15.8. The van der Waals surface area contributed by atoms with Gasteiger partial charge in [0.15, 0.2) is 6.10 Å². The van der Waals surface area contributed by atoms with Gasteiger partial charge in [-0.05, 0) is 54.7 Å². The van der Waals surface area contributed by atoms with Crippen molar-refractivity contribution in [1.29, 1.82) is 0 Å². The standard InChI is InChI=1S/C20H20FNO3S2/c1-13(18(23)22-17-6-3-2-5-16(17)21)25-19(24)14-7-9-15(10-8-14)20-26-11-4-12-27-20/h2-3,5-10,13,20H,4,11-12H2,1H3,(H,22,23). The molecule has 1 N–H and O–H groups in total. The van der Waals surface area contributed by atoms with Crippen LogP contribution in [0.3, 0.4) is 0 Å². The number of thioether (sulfide) groups is 2. The largest absolute Gasteiger partial charge is 0.449 e. The van der Waals surface area contributed by atoms with E-state index in [0.29, 0.717) is 10.1 Å². The average molecular weight is 406 g/mol. The van der Waals surface area contributed by atoms with Gasteiger partial charge in [-0.1, -0.05) is 24.3 Å². The van der Waals surface area contributed by atoms with E-state index in [0.717, 1.165) is 11.5 Å². The molecule has 0 saturated carbocycles. The molecule has 0 bridgehead atoms. The van der Waals surface area contributed by atoms with Crippen LogP contribution in [0.4, 0.5) is 10.1 Å². The minimum Gasteiger partial charge on any atom is -0.449 e. The maximum absolute atomic E-state index is 13.6. The SMILES string of the molecule is CC(OC(=O)c1ccc(C2SCCCS2)cc1)C(=O)Nc1ccccc1F. The van der Waals surface area contributed by atoms with Gasteiger partial charge in [0.1, 0.15) is 5.82 Å². The summed E-state index contributed by atoms with van der Waals surface area (Å²) in [7, 11) is 0. The van der Waals surface area contributed by atoms with E-state index in [9.17, 15) is 14.0 Å². The second kappa shape index (κ2) is 9.28. The van der Waals surface area contributed by atoms with Gasteiger partial charge >= 0.3 is 5.97 Å². The molecule has 4 nitrogen and oxygen atoms in total. The highest BCUT2D eigenvalue weighted by molar-refractivity contribution is 8.16. The van der Waals surface area contributed by atoms with E-state index in [2.05, 4.69) is 5.32 Å². The summed E-state index contributed by atoms with van der Waals surface area (Å²) in [5.41, 5.74) is 1.61. The van der Waals surface area contributed by atoms with Crippen LogP contribution in [0.1, 0.15) is 33.8 Å². The summed E-state index contributed by atoms with van der Waals surface area (Å²) in [4.78, 5) is 24.4. The van der Waals surface area contributed by atoms with Crippen molar-refractivity contribution in [2.75, 3.05) is 16.8 Å². The fraction of sp³-hybridized carbons (Fsp3) is 0.300. The Morgan fingerprint density at radius 3 is 2.44 bits per heavy atom. The molecule has 7 heteroatoms. The first kappa shape index (κ1) is 19.8. The second-order valence-corrected chi connectivity index (χ2v) is 8.79. The molecule has 27 heavy (non-hydrogen) atoms. The molecule has 2 aromatic rings. The predicted octanol–water partition coefficient (Wildman–Crippen LogP) is 4.88. The lowest BCUT2D eigenvalue weighted by atomic mass is 10.1. The van der Waals surface area contributed by atoms with Crippen molar-refractivity contribution < 1.29 is 18.7 Å². The Morgan fingerprint density at radius 1 is 1.11 bits per heavy atom. The summed E-state index contributed by atoms with van der Waals surface area (Å²) in [6.07, 6.45) is 0.185. The maximum atomic E-state index is 13.6. The molecule has 1 saturated heterocycles. The first-order valence-electron chi connectivity index (χ1n) is 8.64. The molecular weight excluding hydrogens is 385 g/mol. The molecule has 1 heterocycles. The minimum atomic E-state index is -1.04. The molecule has 0 spiro atoms. The molecular formula is C20H20FNO3S2. The number of nitrogens with one attached hydrogen (secondary N) is 1. The monoisotopic (exact) mass is 405 g/mol. The van der Waals surface area contributed by atoms with Crippen molar-refractivity contribution in [3.8, 4) is 0 Å². The Balaban J connectivity index is 1.57. The zero-order valence-electron chi connectivity index (χ0n) is 14.8. The lowest BCUT2D eigenvalue weighted by Crippen LogP contribution is -2.30. The number of halogens is 1. The minimum absolute atomic E-state index is 0.0530. The molecule has 0 aliphatic carbocycles. The number of carbonyl (C=O) groups excluding carboxylic acids is 2. The van der Waals surface area contributed by atoms with Crippen molar-refractivity contribution in [3.05, 3.63) is 65.5 Å². The summed E-state index contributed by atoms with van der Waals surface area (Å²) in [5.74, 6) is 0.590. The first-order valence-corrected chi connectivity index (χ1v) is 10.7. The number of hydrogen-bond acceptors (Lipinski definition) is 5. The molecule has 1 aliphatic heterocycles. The topological polar surface area (TPSA) is 55.4 Å². The number of para-hydroxylation sites is 1. The molecule has 1 atom stereocenters. The molecule has 1 unspecified atom stereocenters. The Bertz CT molecular complexity index is 807. The molecule has 1 amide bonds. The number of hydrogen-bond donors (Lipinski definition) is 1. The highest BCUT2D eigenvalue weighted by Gasteiger charge is 2.21. The smallest absolute Gasteiger partial charge is 0.338 e. The van der Waals surface area contributed by atoms with E-state index in [1.54, 1.807) is 18.2 Å². The summed E-state index contributed by atoms with van der Waals surface area (Å²) in [6.45, 7) is 1.46. The van der Waals surface area contributed by atoms with Crippen LogP contribution in [0.5, 0.6) is 0 Å². The van der Waals surface area contributed by atoms with E-state index in [4.69, 9.17) is 4.74 Å². The molecule has 1 aliphatic rings. The molecule has 0 radical (unpaired) electrons. The fourth-order valence-corrected chi connectivity index (χ4v) is 5.43. The molecule has 3 rings (SSSR count). The lowest BCUT2D eigenvalue weighted by molar-refractivity contribution is -0.123. The van der Waals surface area contributed by atoms with Crippen LogP contribution in [0, 0.1) is 5.82 Å². The summed E-state index contributed by atoms with van der Waals surface area (Å²) >= 11 is 3.82. The Kier molecular flexibility index (Phi) is 6.79. The van der Waals surface area contributed by atoms with Crippen molar-refractivity contribution in [3.63, 3.8) is 0 Å². The first-order chi connectivity index (χ1) is 13.0. The lowest BCUT2D eigenvalue weighted by Gasteiger charge is -2.21. The predicted molar refractivity (Wildman–Crippen MR) is 109 cm³/mol. The third kappa shape index (κ3) is 5.26. The van der Waals surface area contributed by atoms with Gasteiger partial charge in [0.25, 0.3) is 5.91 Å². The second-order valence-electron chi connectivity index (χ2n) is 6.07.